The molecule has 1 aromatic carbocycles. The summed E-state index contributed by atoms with van der Waals surface area (Å²) in [5.74, 6) is 0. The first kappa shape index (κ1) is 18.8. The summed E-state index contributed by atoms with van der Waals surface area (Å²) in [5, 5.41) is 5.88. The highest BCUT2D eigenvalue weighted by atomic mass is 32.2. The number of rotatable bonds is 4. The minimum Gasteiger partial charge on any atom is -0.323 e. The molecule has 0 saturated carbocycles. The largest absolute Gasteiger partial charge is 0.323 e. The van der Waals surface area contributed by atoms with Crippen molar-refractivity contribution in [2.24, 2.45) is 0 Å². The number of nitrogens with zero attached hydrogens (tertiary/aromatic N) is 2. The summed E-state index contributed by atoms with van der Waals surface area (Å²) < 4.78 is 25.4. The average Bonchev–Trinajstić information content (AvgIpc) is 3.00. The van der Waals surface area contributed by atoms with Crippen molar-refractivity contribution in [1.82, 2.24) is 14.6 Å². The van der Waals surface area contributed by atoms with Gasteiger partial charge in [0.2, 0.25) is 10.0 Å². The molecule has 1 saturated heterocycles. The van der Waals surface area contributed by atoms with Crippen LogP contribution < -0.4 is 10.0 Å². The molecule has 140 valence electrons. The third-order valence-corrected chi connectivity index (χ3v) is 5.65. The van der Waals surface area contributed by atoms with Gasteiger partial charge in [-0.1, -0.05) is 12.1 Å². The van der Waals surface area contributed by atoms with Crippen LogP contribution in [0.25, 0.3) is 11.3 Å². The van der Waals surface area contributed by atoms with Crippen LogP contribution in [0.1, 0.15) is 17.8 Å². The number of benzene rings is 1. The Balaban J connectivity index is 1.66. The zero-order chi connectivity index (χ0) is 18.7. The second-order valence-electron chi connectivity index (χ2n) is 6.44. The highest BCUT2D eigenvalue weighted by molar-refractivity contribution is 7.88. The number of aromatic nitrogens is 1. The first-order valence-corrected chi connectivity index (χ1v) is 11.1. The molecule has 26 heavy (non-hydrogen) atoms. The molecular weight excluding hydrogens is 372 g/mol. The number of thiazole rings is 1. The number of anilines is 1. The standard InChI is InChI=1S/C17H22N4O3S2/c1-12-18-16(11-25-12)13-5-3-6-14(9-13)19-17(22)21-8-4-7-15(10-21)20-26(2,23)24/h3,5-6,9,11,15,20H,4,7-8,10H2,1-2H3,(H,19,22)/t15-/m1/s1. The van der Waals surface area contributed by atoms with Crippen LogP contribution in [0, 0.1) is 6.92 Å². The van der Waals surface area contributed by atoms with Gasteiger partial charge in [0, 0.05) is 35.8 Å². The predicted molar refractivity (Wildman–Crippen MR) is 104 cm³/mol. The van der Waals surface area contributed by atoms with Gasteiger partial charge in [0.25, 0.3) is 0 Å². The molecule has 0 aliphatic carbocycles. The van der Waals surface area contributed by atoms with Crippen molar-refractivity contribution < 1.29 is 13.2 Å². The van der Waals surface area contributed by atoms with Gasteiger partial charge in [-0.25, -0.2) is 22.9 Å². The molecule has 2 heterocycles. The molecule has 0 spiro atoms. The average molecular weight is 395 g/mol. The van der Waals surface area contributed by atoms with Crippen molar-refractivity contribution >= 4 is 33.1 Å². The van der Waals surface area contributed by atoms with Gasteiger partial charge in [-0.2, -0.15) is 0 Å². The van der Waals surface area contributed by atoms with E-state index in [1.54, 1.807) is 16.2 Å². The maximum Gasteiger partial charge on any atom is 0.321 e. The minimum absolute atomic E-state index is 0.225. The topological polar surface area (TPSA) is 91.4 Å². The number of hydrogen-bond donors (Lipinski definition) is 2. The summed E-state index contributed by atoms with van der Waals surface area (Å²) >= 11 is 1.58. The molecule has 1 fully saturated rings. The smallest absolute Gasteiger partial charge is 0.321 e. The molecule has 3 rings (SSSR count). The van der Waals surface area contributed by atoms with E-state index in [4.69, 9.17) is 0 Å². The maximum atomic E-state index is 12.6. The third-order valence-electron chi connectivity index (χ3n) is 4.12. The molecule has 1 aliphatic rings. The number of hydrogen-bond acceptors (Lipinski definition) is 5. The monoisotopic (exact) mass is 394 g/mol. The van der Waals surface area contributed by atoms with E-state index < -0.39 is 10.0 Å². The van der Waals surface area contributed by atoms with Crippen LogP contribution in [-0.4, -0.2) is 49.7 Å². The number of amides is 2. The van der Waals surface area contributed by atoms with Crippen LogP contribution in [0.15, 0.2) is 29.6 Å². The Labute approximate surface area is 157 Å². The van der Waals surface area contributed by atoms with Crippen LogP contribution in [0.3, 0.4) is 0 Å². The molecule has 2 N–H and O–H groups in total. The molecule has 2 amide bonds. The van der Waals surface area contributed by atoms with E-state index in [2.05, 4.69) is 15.0 Å². The van der Waals surface area contributed by atoms with Crippen molar-refractivity contribution in [2.75, 3.05) is 24.7 Å². The van der Waals surface area contributed by atoms with Crippen LogP contribution in [0.2, 0.25) is 0 Å². The van der Waals surface area contributed by atoms with Gasteiger partial charge < -0.3 is 10.2 Å². The van der Waals surface area contributed by atoms with Crippen LogP contribution in [-0.2, 0) is 10.0 Å². The summed E-state index contributed by atoms with van der Waals surface area (Å²) in [4.78, 5) is 18.7. The fourth-order valence-corrected chi connectivity index (χ4v) is 4.44. The Morgan fingerprint density at radius 3 is 2.88 bits per heavy atom. The Bertz CT molecular complexity index is 895. The second kappa shape index (κ2) is 7.73. The number of carbonyl (C=O) groups is 1. The van der Waals surface area contributed by atoms with Crippen LogP contribution in [0.4, 0.5) is 10.5 Å². The number of aryl methyl sites for hydroxylation is 1. The number of urea groups is 1. The normalized spacial score (nSPS) is 17.9. The van der Waals surface area contributed by atoms with Gasteiger partial charge in [0.15, 0.2) is 0 Å². The molecular formula is C17H22N4O3S2. The lowest BCUT2D eigenvalue weighted by molar-refractivity contribution is 0.190. The summed E-state index contributed by atoms with van der Waals surface area (Å²) in [7, 11) is -3.28. The van der Waals surface area contributed by atoms with Crippen LogP contribution >= 0.6 is 11.3 Å². The second-order valence-corrected chi connectivity index (χ2v) is 9.28. The SMILES string of the molecule is Cc1nc(-c2cccc(NC(=O)N3CCC[C@@H](NS(C)(=O)=O)C3)c2)cs1. The third kappa shape index (κ3) is 5.03. The molecule has 0 bridgehead atoms. The molecule has 0 unspecified atom stereocenters. The number of carbonyl (C=O) groups excluding carboxylic acids is 1. The Morgan fingerprint density at radius 1 is 1.38 bits per heavy atom. The number of nitrogens with one attached hydrogen (secondary N) is 2. The van der Waals surface area contributed by atoms with Crippen LogP contribution in [0.5, 0.6) is 0 Å². The molecule has 7 nitrogen and oxygen atoms in total. The van der Waals surface area contributed by atoms with Crippen molar-refractivity contribution in [1.29, 1.82) is 0 Å². The fraction of sp³-hybridized carbons (Fsp3) is 0.412. The van der Waals surface area contributed by atoms with E-state index in [-0.39, 0.29) is 12.1 Å². The van der Waals surface area contributed by atoms with E-state index in [1.807, 2.05) is 36.6 Å². The van der Waals surface area contributed by atoms with E-state index in [0.717, 1.165) is 35.4 Å². The quantitative estimate of drug-likeness (QED) is 0.834. The van der Waals surface area contributed by atoms with Gasteiger partial charge in [-0.15, -0.1) is 11.3 Å². The fourth-order valence-electron chi connectivity index (χ4n) is 3.02. The molecule has 2 aromatic rings. The first-order chi connectivity index (χ1) is 12.3. The molecule has 1 aliphatic heterocycles. The van der Waals surface area contributed by atoms with Gasteiger partial charge in [0.1, 0.15) is 0 Å². The molecule has 1 atom stereocenters. The highest BCUT2D eigenvalue weighted by Crippen LogP contribution is 2.24. The number of piperidine rings is 1. The highest BCUT2D eigenvalue weighted by Gasteiger charge is 2.25. The van der Waals surface area contributed by atoms with Crippen molar-refractivity contribution in [3.8, 4) is 11.3 Å². The van der Waals surface area contributed by atoms with Gasteiger partial charge in [0.05, 0.1) is 17.0 Å². The summed E-state index contributed by atoms with van der Waals surface area (Å²) in [6, 6.07) is 7.09. The number of likely N-dealkylation sites (tertiary alicyclic amines) is 1. The van der Waals surface area contributed by atoms with Gasteiger partial charge in [-0.3, -0.25) is 0 Å². The van der Waals surface area contributed by atoms with Gasteiger partial charge >= 0.3 is 6.03 Å². The Hall–Kier alpha value is -1.97. The van der Waals surface area contributed by atoms with Gasteiger partial charge in [-0.05, 0) is 31.9 Å². The van der Waals surface area contributed by atoms with Crippen molar-refractivity contribution in [3.05, 3.63) is 34.7 Å². The zero-order valence-electron chi connectivity index (χ0n) is 14.7. The Morgan fingerprint density at radius 2 is 2.19 bits per heavy atom. The maximum absolute atomic E-state index is 12.6. The van der Waals surface area contributed by atoms with E-state index >= 15 is 0 Å². The minimum atomic E-state index is -3.28. The molecule has 9 heteroatoms. The lowest BCUT2D eigenvalue weighted by Gasteiger charge is -2.32. The summed E-state index contributed by atoms with van der Waals surface area (Å²) in [5.41, 5.74) is 2.53. The molecule has 1 aromatic heterocycles. The zero-order valence-corrected chi connectivity index (χ0v) is 16.4. The van der Waals surface area contributed by atoms with E-state index in [1.165, 1.54) is 0 Å². The van der Waals surface area contributed by atoms with Crippen molar-refractivity contribution in [3.63, 3.8) is 0 Å². The number of sulfonamides is 1. The molecule has 0 radical (unpaired) electrons. The van der Waals surface area contributed by atoms with Crippen molar-refractivity contribution in [2.45, 2.75) is 25.8 Å². The summed E-state index contributed by atoms with van der Waals surface area (Å²) in [6.07, 6.45) is 2.63. The van der Waals surface area contributed by atoms with E-state index in [0.29, 0.717) is 18.8 Å². The summed E-state index contributed by atoms with van der Waals surface area (Å²) in [6.45, 7) is 2.93. The Kier molecular flexibility index (Phi) is 5.59. The predicted octanol–water partition coefficient (Wildman–Crippen LogP) is 2.66. The first-order valence-electron chi connectivity index (χ1n) is 8.36. The lowest BCUT2D eigenvalue weighted by Crippen LogP contribution is -2.50. The van der Waals surface area contributed by atoms with E-state index in [9.17, 15) is 13.2 Å². The lowest BCUT2D eigenvalue weighted by atomic mass is 10.1.